The zero-order chi connectivity index (χ0) is 13.7. The lowest BCUT2D eigenvalue weighted by Crippen LogP contribution is -2.47. The van der Waals surface area contributed by atoms with Crippen LogP contribution in [0.1, 0.15) is 29.8 Å². The number of carbonyl (C=O) groups excluding carboxylic acids is 1. The number of ketones is 1. The predicted molar refractivity (Wildman–Crippen MR) is 68.4 cm³/mol. The molecule has 0 heterocycles. The van der Waals surface area contributed by atoms with Gasteiger partial charge in [-0.2, -0.15) is 0 Å². The van der Waals surface area contributed by atoms with Crippen LogP contribution in [-0.4, -0.2) is 29.1 Å². The fourth-order valence-electron chi connectivity index (χ4n) is 1.65. The molecule has 2 atom stereocenters. The second-order valence-electron chi connectivity index (χ2n) is 4.30. The van der Waals surface area contributed by atoms with Crippen LogP contribution in [0.15, 0.2) is 24.3 Å². The van der Waals surface area contributed by atoms with Crippen molar-refractivity contribution in [1.82, 2.24) is 5.32 Å². The van der Waals surface area contributed by atoms with Gasteiger partial charge in [0.15, 0.2) is 5.78 Å². The molecule has 0 bridgehead atoms. The Balaban J connectivity index is 2.75. The van der Waals surface area contributed by atoms with Crippen LogP contribution in [0.25, 0.3) is 0 Å². The molecule has 1 aromatic carbocycles. The van der Waals surface area contributed by atoms with E-state index in [2.05, 4.69) is 5.32 Å². The van der Waals surface area contributed by atoms with Crippen molar-refractivity contribution in [2.24, 2.45) is 5.73 Å². The number of carbonyl (C=O) groups is 2. The van der Waals surface area contributed by atoms with Crippen LogP contribution in [0.4, 0.5) is 0 Å². The Hall–Kier alpha value is -1.72. The monoisotopic (exact) mass is 250 g/mol. The summed E-state index contributed by atoms with van der Waals surface area (Å²) >= 11 is 0. The number of rotatable bonds is 6. The number of hydrogen-bond acceptors (Lipinski definition) is 4. The van der Waals surface area contributed by atoms with Gasteiger partial charge in [-0.3, -0.25) is 14.9 Å². The van der Waals surface area contributed by atoms with E-state index >= 15 is 0 Å². The van der Waals surface area contributed by atoms with Crippen molar-refractivity contribution in [2.75, 3.05) is 0 Å². The molecule has 5 heteroatoms. The van der Waals surface area contributed by atoms with E-state index in [-0.39, 0.29) is 11.9 Å². The van der Waals surface area contributed by atoms with Crippen molar-refractivity contribution in [3.63, 3.8) is 0 Å². The van der Waals surface area contributed by atoms with Crippen LogP contribution in [0, 0.1) is 0 Å². The number of aliphatic carboxylic acids is 1. The van der Waals surface area contributed by atoms with Crippen LogP contribution >= 0.6 is 0 Å². The van der Waals surface area contributed by atoms with Gasteiger partial charge in [-0.05, 0) is 25.8 Å². The summed E-state index contributed by atoms with van der Waals surface area (Å²) in [5.74, 6) is -0.951. The molecule has 0 spiro atoms. The maximum absolute atomic E-state index is 11.1. The fourth-order valence-corrected chi connectivity index (χ4v) is 1.65. The highest BCUT2D eigenvalue weighted by molar-refractivity contribution is 5.94. The van der Waals surface area contributed by atoms with Gasteiger partial charge in [0.25, 0.3) is 0 Å². The van der Waals surface area contributed by atoms with E-state index in [0.717, 1.165) is 5.56 Å². The molecule has 0 aromatic heterocycles. The van der Waals surface area contributed by atoms with E-state index in [1.54, 1.807) is 31.2 Å². The Kier molecular flexibility index (Phi) is 5.00. The molecule has 5 nitrogen and oxygen atoms in total. The van der Waals surface area contributed by atoms with Gasteiger partial charge < -0.3 is 10.8 Å². The zero-order valence-corrected chi connectivity index (χ0v) is 10.5. The highest BCUT2D eigenvalue weighted by Gasteiger charge is 2.18. The number of carboxylic acids is 1. The second-order valence-corrected chi connectivity index (χ2v) is 4.30. The van der Waals surface area contributed by atoms with Crippen LogP contribution in [-0.2, 0) is 11.2 Å². The molecule has 0 fully saturated rings. The van der Waals surface area contributed by atoms with Gasteiger partial charge in [0.2, 0.25) is 0 Å². The number of nitrogens with one attached hydrogen (secondary N) is 1. The molecule has 4 N–H and O–H groups in total. The summed E-state index contributed by atoms with van der Waals surface area (Å²) in [5, 5.41) is 11.8. The molecule has 0 aliphatic carbocycles. The van der Waals surface area contributed by atoms with Crippen LogP contribution in [0.5, 0.6) is 0 Å². The summed E-state index contributed by atoms with van der Waals surface area (Å²) in [4.78, 5) is 22.2. The van der Waals surface area contributed by atoms with E-state index in [0.29, 0.717) is 12.0 Å². The largest absolute Gasteiger partial charge is 0.480 e. The summed E-state index contributed by atoms with van der Waals surface area (Å²) in [7, 11) is 0. The van der Waals surface area contributed by atoms with E-state index in [1.165, 1.54) is 6.92 Å². The fraction of sp³-hybridized carbons (Fsp3) is 0.385. The predicted octanol–water partition coefficient (Wildman–Crippen LogP) is 0.779. The number of benzene rings is 1. The molecular weight excluding hydrogens is 232 g/mol. The quantitative estimate of drug-likeness (QED) is 0.512. The van der Waals surface area contributed by atoms with Gasteiger partial charge in [-0.15, -0.1) is 0 Å². The first-order chi connectivity index (χ1) is 8.40. The molecular formula is C13H18N2O3. The second kappa shape index (κ2) is 6.28. The number of nitrogens with two attached hydrogens (primary N) is 1. The van der Waals surface area contributed by atoms with Gasteiger partial charge in [0, 0.05) is 5.56 Å². The third-order valence-electron chi connectivity index (χ3n) is 2.56. The maximum atomic E-state index is 11.1. The summed E-state index contributed by atoms with van der Waals surface area (Å²) in [6, 6.07) is 6.18. The van der Waals surface area contributed by atoms with Crippen molar-refractivity contribution in [1.29, 1.82) is 0 Å². The summed E-state index contributed by atoms with van der Waals surface area (Å²) in [6.45, 7) is 3.18. The molecule has 0 aliphatic heterocycles. The minimum Gasteiger partial charge on any atom is -0.480 e. The van der Waals surface area contributed by atoms with Crippen molar-refractivity contribution in [2.45, 2.75) is 32.5 Å². The van der Waals surface area contributed by atoms with E-state index in [1.807, 2.05) is 0 Å². The van der Waals surface area contributed by atoms with Gasteiger partial charge in [-0.1, -0.05) is 24.3 Å². The van der Waals surface area contributed by atoms with Crippen molar-refractivity contribution >= 4 is 11.8 Å². The molecule has 18 heavy (non-hydrogen) atoms. The van der Waals surface area contributed by atoms with Crippen molar-refractivity contribution in [3.05, 3.63) is 35.4 Å². The topological polar surface area (TPSA) is 92.4 Å². The minimum atomic E-state index is -0.942. The Morgan fingerprint density at radius 1 is 1.33 bits per heavy atom. The lowest BCUT2D eigenvalue weighted by molar-refractivity contribution is -0.139. The van der Waals surface area contributed by atoms with E-state index in [4.69, 9.17) is 10.8 Å². The normalized spacial score (nSPS) is 13.9. The average molecular weight is 250 g/mol. The van der Waals surface area contributed by atoms with Gasteiger partial charge in [0.05, 0.1) is 6.17 Å². The first-order valence-electron chi connectivity index (χ1n) is 5.74. The minimum absolute atomic E-state index is 0.00922. The average Bonchev–Trinajstić information content (AvgIpc) is 2.28. The summed E-state index contributed by atoms with van der Waals surface area (Å²) < 4.78 is 0. The highest BCUT2D eigenvalue weighted by Crippen LogP contribution is 2.08. The third kappa shape index (κ3) is 4.27. The Morgan fingerprint density at radius 3 is 2.28 bits per heavy atom. The Bertz CT molecular complexity index is 426. The first kappa shape index (κ1) is 14.3. The number of hydrogen-bond donors (Lipinski definition) is 3. The molecule has 1 rings (SSSR count). The Morgan fingerprint density at radius 2 is 1.89 bits per heavy atom. The van der Waals surface area contributed by atoms with Crippen LogP contribution in [0.2, 0.25) is 0 Å². The Labute approximate surface area is 106 Å². The SMILES string of the molecule is CC(=O)c1ccc(CC(NC(C)N)C(=O)O)cc1. The van der Waals surface area contributed by atoms with E-state index < -0.39 is 12.0 Å². The molecule has 0 saturated heterocycles. The number of Topliss-reactive ketones (excluding diaryl/α,β-unsaturated/α-hetero) is 1. The zero-order valence-electron chi connectivity index (χ0n) is 10.5. The smallest absolute Gasteiger partial charge is 0.321 e. The van der Waals surface area contributed by atoms with Gasteiger partial charge in [0.1, 0.15) is 6.04 Å². The molecule has 0 aliphatic rings. The molecule has 2 unspecified atom stereocenters. The van der Waals surface area contributed by atoms with Gasteiger partial charge in [-0.25, -0.2) is 0 Å². The summed E-state index contributed by atoms with van der Waals surface area (Å²) in [6.07, 6.45) is -0.0581. The standard InChI is InChI=1S/C13H18N2O3/c1-8(16)11-5-3-10(4-6-11)7-12(13(17)18)15-9(2)14/h3-6,9,12,15H,7,14H2,1-2H3,(H,17,18). The lowest BCUT2D eigenvalue weighted by Gasteiger charge is -2.17. The molecule has 0 radical (unpaired) electrons. The van der Waals surface area contributed by atoms with Crippen LogP contribution in [0.3, 0.4) is 0 Å². The van der Waals surface area contributed by atoms with Crippen LogP contribution < -0.4 is 11.1 Å². The van der Waals surface area contributed by atoms with Crippen molar-refractivity contribution < 1.29 is 14.7 Å². The molecule has 98 valence electrons. The summed E-state index contributed by atoms with van der Waals surface area (Å²) in [5.41, 5.74) is 6.99. The van der Waals surface area contributed by atoms with Gasteiger partial charge >= 0.3 is 5.97 Å². The van der Waals surface area contributed by atoms with E-state index in [9.17, 15) is 9.59 Å². The molecule has 0 saturated carbocycles. The highest BCUT2D eigenvalue weighted by atomic mass is 16.4. The lowest BCUT2D eigenvalue weighted by atomic mass is 10.0. The third-order valence-corrected chi connectivity index (χ3v) is 2.56. The number of carboxylic acid groups (broad SMARTS) is 1. The molecule has 0 amide bonds. The molecule has 1 aromatic rings. The first-order valence-corrected chi connectivity index (χ1v) is 5.74. The van der Waals surface area contributed by atoms with Crippen molar-refractivity contribution in [3.8, 4) is 0 Å². The maximum Gasteiger partial charge on any atom is 0.321 e.